The van der Waals surface area contributed by atoms with Gasteiger partial charge in [0.05, 0.1) is 0 Å². The molecule has 1 aliphatic carbocycles. The van der Waals surface area contributed by atoms with Crippen LogP contribution in [0.5, 0.6) is 0 Å². The molecule has 0 aromatic carbocycles. The number of amides is 1. The van der Waals surface area contributed by atoms with E-state index in [1.54, 1.807) is 14.0 Å². The van der Waals surface area contributed by atoms with Gasteiger partial charge in [-0.1, -0.05) is 53.5 Å². The van der Waals surface area contributed by atoms with Gasteiger partial charge in [0.25, 0.3) is 0 Å². The minimum Gasteiger partial charge on any atom is -0.355 e. The van der Waals surface area contributed by atoms with Crippen LogP contribution in [0.15, 0.2) is 25.3 Å². The maximum atomic E-state index is 11.8. The lowest BCUT2D eigenvalue weighted by Gasteiger charge is -2.35. The van der Waals surface area contributed by atoms with Crippen molar-refractivity contribution in [3.8, 4) is 0 Å². The number of carbonyl (C=O) groups is 2. The molecule has 1 unspecified atom stereocenters. The van der Waals surface area contributed by atoms with E-state index < -0.39 is 0 Å². The molecule has 23 heavy (non-hydrogen) atoms. The van der Waals surface area contributed by atoms with Crippen LogP contribution >= 0.6 is 0 Å². The summed E-state index contributed by atoms with van der Waals surface area (Å²) in [5.74, 6) is 0.440. The highest BCUT2D eigenvalue weighted by atomic mass is 16.1. The number of likely N-dealkylation sites (N-methyl/N-ethyl adjacent to an activating group) is 1. The summed E-state index contributed by atoms with van der Waals surface area (Å²) < 4.78 is 0. The van der Waals surface area contributed by atoms with Gasteiger partial charge in [0.15, 0.2) is 0 Å². The fourth-order valence-electron chi connectivity index (χ4n) is 1.92. The average Bonchev–Trinajstić information content (AvgIpc) is 3.40. The first kappa shape index (κ1) is 23.9. The Morgan fingerprint density at radius 3 is 1.83 bits per heavy atom. The number of Topliss-reactive ketones (excluding diaryl/α,β-unsaturated/α-hetero) is 1. The van der Waals surface area contributed by atoms with Gasteiger partial charge in [0.2, 0.25) is 5.91 Å². The monoisotopic (exact) mass is 323 g/mol. The molecule has 3 heteroatoms. The molecule has 0 aliphatic heterocycles. The van der Waals surface area contributed by atoms with Crippen molar-refractivity contribution in [2.75, 3.05) is 7.05 Å². The SMILES string of the molecule is C1CC1.C=C.C=C(C(=O)NC)[C@](C)(CCC(C)C(C)=O)C(C)C. The molecule has 0 saturated heterocycles. The van der Waals surface area contributed by atoms with Crippen LogP contribution in [0.1, 0.15) is 66.7 Å². The van der Waals surface area contributed by atoms with Gasteiger partial charge < -0.3 is 5.32 Å². The number of hydrogen-bond acceptors (Lipinski definition) is 2. The molecule has 0 radical (unpaired) electrons. The largest absolute Gasteiger partial charge is 0.355 e. The molecule has 0 heterocycles. The fraction of sp³-hybridized carbons (Fsp3) is 0.700. The Kier molecular flexibility index (Phi) is 12.6. The highest BCUT2D eigenvalue weighted by molar-refractivity contribution is 5.93. The average molecular weight is 324 g/mol. The third-order valence-corrected chi connectivity index (χ3v) is 4.61. The van der Waals surface area contributed by atoms with E-state index in [2.05, 4.69) is 45.8 Å². The number of nitrogens with one attached hydrogen (secondary N) is 1. The molecule has 1 saturated carbocycles. The van der Waals surface area contributed by atoms with Gasteiger partial charge in [0, 0.05) is 18.5 Å². The second-order valence-electron chi connectivity index (χ2n) is 6.74. The zero-order valence-corrected chi connectivity index (χ0v) is 16.1. The Morgan fingerprint density at radius 1 is 1.13 bits per heavy atom. The van der Waals surface area contributed by atoms with Crippen molar-refractivity contribution >= 4 is 11.7 Å². The van der Waals surface area contributed by atoms with Gasteiger partial charge in [0.1, 0.15) is 5.78 Å². The summed E-state index contributed by atoms with van der Waals surface area (Å²) >= 11 is 0. The van der Waals surface area contributed by atoms with Crippen molar-refractivity contribution in [3.05, 3.63) is 25.3 Å². The molecule has 1 N–H and O–H groups in total. The van der Waals surface area contributed by atoms with Crippen LogP contribution in [-0.2, 0) is 9.59 Å². The first-order valence-corrected chi connectivity index (χ1v) is 8.58. The van der Waals surface area contributed by atoms with E-state index in [0.717, 1.165) is 12.8 Å². The molecule has 134 valence electrons. The fourth-order valence-corrected chi connectivity index (χ4v) is 1.92. The summed E-state index contributed by atoms with van der Waals surface area (Å²) in [6.07, 6.45) is 6.09. The van der Waals surface area contributed by atoms with Gasteiger partial charge >= 0.3 is 0 Å². The van der Waals surface area contributed by atoms with Crippen molar-refractivity contribution in [2.45, 2.75) is 66.7 Å². The van der Waals surface area contributed by atoms with Gasteiger partial charge in [-0.25, -0.2) is 0 Å². The quantitative estimate of drug-likeness (QED) is 0.533. The van der Waals surface area contributed by atoms with Crippen LogP contribution in [0.2, 0.25) is 0 Å². The molecular formula is C20H37NO2. The Bertz CT molecular complexity index is 382. The zero-order chi connectivity index (χ0) is 18.6. The Morgan fingerprint density at radius 2 is 1.57 bits per heavy atom. The number of rotatable bonds is 7. The van der Waals surface area contributed by atoms with Gasteiger partial charge in [-0.05, 0) is 31.1 Å². The normalized spacial score (nSPS) is 15.8. The second-order valence-corrected chi connectivity index (χ2v) is 6.74. The van der Waals surface area contributed by atoms with Gasteiger partial charge in [-0.15, -0.1) is 13.2 Å². The lowest BCUT2D eigenvalue weighted by Crippen LogP contribution is -2.35. The summed E-state index contributed by atoms with van der Waals surface area (Å²) in [7, 11) is 1.62. The summed E-state index contributed by atoms with van der Waals surface area (Å²) in [5.41, 5.74) is 0.347. The number of carbonyl (C=O) groups excluding carboxylic acids is 2. The predicted octanol–water partition coefficient (Wildman–Crippen LogP) is 4.93. The van der Waals surface area contributed by atoms with Crippen LogP contribution in [-0.4, -0.2) is 18.7 Å². The van der Waals surface area contributed by atoms with E-state index in [0.29, 0.717) is 11.5 Å². The van der Waals surface area contributed by atoms with Crippen molar-refractivity contribution in [1.82, 2.24) is 5.32 Å². The Hall–Kier alpha value is -1.38. The Balaban J connectivity index is 0. The van der Waals surface area contributed by atoms with Crippen LogP contribution in [0.25, 0.3) is 0 Å². The zero-order valence-electron chi connectivity index (χ0n) is 16.1. The topological polar surface area (TPSA) is 46.2 Å². The van der Waals surface area contributed by atoms with Gasteiger partial charge in [-0.3, -0.25) is 9.59 Å². The molecular weight excluding hydrogens is 286 g/mol. The molecule has 3 nitrogen and oxygen atoms in total. The van der Waals surface area contributed by atoms with Gasteiger partial charge in [-0.2, -0.15) is 0 Å². The minimum absolute atomic E-state index is 0.0422. The lowest BCUT2D eigenvalue weighted by molar-refractivity contribution is -0.120. The smallest absolute Gasteiger partial charge is 0.246 e. The first-order valence-electron chi connectivity index (χ1n) is 8.58. The Labute approximate surface area is 143 Å². The third-order valence-electron chi connectivity index (χ3n) is 4.61. The van der Waals surface area contributed by atoms with E-state index in [-0.39, 0.29) is 23.0 Å². The lowest BCUT2D eigenvalue weighted by atomic mass is 9.69. The van der Waals surface area contributed by atoms with E-state index >= 15 is 0 Å². The van der Waals surface area contributed by atoms with E-state index in [4.69, 9.17) is 0 Å². The summed E-state index contributed by atoms with van der Waals surface area (Å²) in [4.78, 5) is 23.1. The molecule has 0 spiro atoms. The standard InChI is InChI=1S/C15H27NO2.C3H6.C2H4/c1-10(2)15(6,12(4)14(18)16-7)9-8-11(3)13(5)17;1-2-3-1;1-2/h10-11H,4,8-9H2,1-3,5-7H3,(H,16,18);1-3H2;1-2H2/t11?,15-;;/m1../s1. The third kappa shape index (κ3) is 9.37. The van der Waals surface area contributed by atoms with Crippen molar-refractivity contribution in [3.63, 3.8) is 0 Å². The molecule has 1 aliphatic rings. The summed E-state index contributed by atoms with van der Waals surface area (Å²) in [6.45, 7) is 19.7. The molecule has 0 aromatic rings. The number of hydrogen-bond donors (Lipinski definition) is 1. The van der Waals surface area contributed by atoms with E-state index in [1.807, 2.05) is 6.92 Å². The van der Waals surface area contributed by atoms with Crippen molar-refractivity contribution in [1.29, 1.82) is 0 Å². The van der Waals surface area contributed by atoms with E-state index in [1.165, 1.54) is 19.3 Å². The molecule has 1 rings (SSSR count). The maximum Gasteiger partial charge on any atom is 0.246 e. The van der Waals surface area contributed by atoms with Crippen LogP contribution < -0.4 is 5.32 Å². The predicted molar refractivity (Wildman–Crippen MR) is 100 cm³/mol. The molecule has 1 amide bonds. The molecule has 1 fully saturated rings. The van der Waals surface area contributed by atoms with Crippen LogP contribution in [0, 0.1) is 17.3 Å². The second kappa shape index (κ2) is 12.1. The van der Waals surface area contributed by atoms with Crippen LogP contribution in [0.4, 0.5) is 0 Å². The highest BCUT2D eigenvalue weighted by Crippen LogP contribution is 2.40. The van der Waals surface area contributed by atoms with Crippen molar-refractivity contribution < 1.29 is 9.59 Å². The number of ketones is 1. The highest BCUT2D eigenvalue weighted by Gasteiger charge is 2.35. The minimum atomic E-state index is -0.260. The molecule has 2 atom stereocenters. The van der Waals surface area contributed by atoms with Crippen molar-refractivity contribution in [2.24, 2.45) is 17.3 Å². The van der Waals surface area contributed by atoms with E-state index in [9.17, 15) is 9.59 Å². The van der Waals surface area contributed by atoms with Crippen LogP contribution in [0.3, 0.4) is 0 Å². The first-order chi connectivity index (χ1) is 10.7. The maximum absolute atomic E-state index is 11.8. The molecule has 0 aromatic heterocycles. The summed E-state index contributed by atoms with van der Waals surface area (Å²) in [5, 5.41) is 2.63. The summed E-state index contributed by atoms with van der Waals surface area (Å²) in [6, 6.07) is 0. The molecule has 0 bridgehead atoms.